The number of methoxy groups -OCH3 is 1. The molecule has 0 amide bonds. The average Bonchev–Trinajstić information content (AvgIpc) is 4.01. The SMILES string of the molecule is CC[C@H]1OC(=O)[C@H](C)[C@@H](O[C@H]2C[C@@](C)(OC)[C@@H](O)[C@H](C)O2)[C@H](C)[C@@H](O[C@@H]2O[C@H](C)C[C@H](N(C)C)[C@H]2O)[C@](C)(O)C[C@@H](C)CN(CCCNC(=S)NC2CC2)[C@H](C)[C@@H](O)[C@]1(C)O. The highest BCUT2D eigenvalue weighted by Gasteiger charge is 2.53. The third-order valence-electron chi connectivity index (χ3n) is 13.9. The van der Waals surface area contributed by atoms with E-state index in [-0.39, 0.29) is 37.3 Å². The van der Waals surface area contributed by atoms with Crippen molar-refractivity contribution in [3.8, 4) is 0 Å². The van der Waals surface area contributed by atoms with Gasteiger partial charge in [0.1, 0.15) is 30.0 Å². The molecule has 0 unspecified atom stereocenters. The van der Waals surface area contributed by atoms with E-state index < -0.39 is 96.0 Å². The molecule has 7 N–H and O–H groups in total. The standard InChI is InChI=1S/C44H82N4O12S/c1-14-32-44(10,54)36(50)28(6)48(19-15-18-45-41(61)46-30-16-17-30)23-24(2)21-42(8,53)38(60-40-34(49)31(47(11)12)20-25(3)56-40)26(4)35(27(5)39(52)58-32)59-33-22-43(9,55-13)37(51)29(7)57-33/h24-38,40,49-51,53-54H,14-23H2,1-13H3,(H2,45,46,61)/t24-,25-,26+,27-,28-,29+,31+,32-,33+,34-,35+,36-,37+,38-,40+,42-,43-,44-/m1/s1. The van der Waals surface area contributed by atoms with Crippen LogP contribution in [0.25, 0.3) is 0 Å². The van der Waals surface area contributed by atoms with E-state index in [0.29, 0.717) is 43.6 Å². The number of rotatable bonds is 12. The molecule has 17 heteroatoms. The lowest BCUT2D eigenvalue weighted by atomic mass is 9.77. The lowest BCUT2D eigenvalue weighted by molar-refractivity contribution is -0.318. The fraction of sp³-hybridized carbons (Fsp3) is 0.955. The molecule has 1 aliphatic carbocycles. The molecular weight excluding hydrogens is 809 g/mol. The molecule has 0 bridgehead atoms. The van der Waals surface area contributed by atoms with Crippen LogP contribution in [0.2, 0.25) is 0 Å². The van der Waals surface area contributed by atoms with Crippen molar-refractivity contribution < 1.29 is 58.7 Å². The van der Waals surface area contributed by atoms with Crippen molar-refractivity contribution in [2.24, 2.45) is 17.8 Å². The van der Waals surface area contributed by atoms with Crippen LogP contribution in [0, 0.1) is 17.8 Å². The van der Waals surface area contributed by atoms with Crippen molar-refractivity contribution in [3.05, 3.63) is 0 Å². The molecule has 18 atom stereocenters. The van der Waals surface area contributed by atoms with Gasteiger partial charge in [-0.1, -0.05) is 20.8 Å². The lowest BCUT2D eigenvalue weighted by Crippen LogP contribution is -2.60. The van der Waals surface area contributed by atoms with Crippen molar-refractivity contribution in [1.82, 2.24) is 20.4 Å². The van der Waals surface area contributed by atoms with E-state index >= 15 is 0 Å². The maximum atomic E-state index is 14.5. The molecule has 4 aliphatic rings. The van der Waals surface area contributed by atoms with Crippen molar-refractivity contribution in [1.29, 1.82) is 0 Å². The second-order valence-electron chi connectivity index (χ2n) is 19.7. The Morgan fingerprint density at radius 3 is 2.23 bits per heavy atom. The minimum atomic E-state index is -1.86. The summed E-state index contributed by atoms with van der Waals surface area (Å²) in [5.74, 6) is -2.70. The van der Waals surface area contributed by atoms with Crippen LogP contribution in [0.15, 0.2) is 0 Å². The van der Waals surface area contributed by atoms with Gasteiger partial charge in [-0.05, 0) is 119 Å². The molecule has 0 aromatic rings. The van der Waals surface area contributed by atoms with E-state index in [9.17, 15) is 30.3 Å². The Kier molecular flexibility index (Phi) is 18.7. The van der Waals surface area contributed by atoms with Crippen LogP contribution in [-0.4, -0.2) is 184 Å². The molecule has 3 heterocycles. The van der Waals surface area contributed by atoms with Crippen LogP contribution < -0.4 is 10.6 Å². The first-order valence-corrected chi connectivity index (χ1v) is 23.1. The van der Waals surface area contributed by atoms with E-state index in [0.717, 1.165) is 12.8 Å². The molecule has 16 nitrogen and oxygen atoms in total. The summed E-state index contributed by atoms with van der Waals surface area (Å²) < 4.78 is 38.0. The van der Waals surface area contributed by atoms with Crippen molar-refractivity contribution in [2.75, 3.05) is 40.8 Å². The number of cyclic esters (lactones) is 1. The fourth-order valence-corrected chi connectivity index (χ4v) is 10.1. The Labute approximate surface area is 370 Å². The summed E-state index contributed by atoms with van der Waals surface area (Å²) in [6, 6.07) is -0.461. The first kappa shape index (κ1) is 52.3. The van der Waals surface area contributed by atoms with E-state index in [1.807, 2.05) is 46.7 Å². The van der Waals surface area contributed by atoms with Gasteiger partial charge in [0.15, 0.2) is 17.7 Å². The number of esters is 1. The summed E-state index contributed by atoms with van der Waals surface area (Å²) >= 11 is 5.48. The van der Waals surface area contributed by atoms with Crippen LogP contribution in [0.4, 0.5) is 0 Å². The molecule has 1 saturated carbocycles. The van der Waals surface area contributed by atoms with Gasteiger partial charge in [0.05, 0.1) is 41.5 Å². The number of hydrogen-bond acceptors (Lipinski definition) is 15. The minimum absolute atomic E-state index is 0.121. The number of likely N-dealkylation sites (N-methyl/N-ethyl adjacent to an activating group) is 1. The van der Waals surface area contributed by atoms with Gasteiger partial charge in [-0.2, -0.15) is 0 Å². The largest absolute Gasteiger partial charge is 0.459 e. The maximum Gasteiger partial charge on any atom is 0.311 e. The number of carbonyl (C=O) groups is 1. The Morgan fingerprint density at radius 1 is 0.984 bits per heavy atom. The highest BCUT2D eigenvalue weighted by molar-refractivity contribution is 7.80. The van der Waals surface area contributed by atoms with Crippen LogP contribution in [0.1, 0.15) is 114 Å². The van der Waals surface area contributed by atoms with E-state index in [1.54, 1.807) is 34.6 Å². The molecule has 356 valence electrons. The summed E-state index contributed by atoms with van der Waals surface area (Å²) in [5.41, 5.74) is -4.50. The minimum Gasteiger partial charge on any atom is -0.459 e. The zero-order valence-electron chi connectivity index (χ0n) is 39.2. The maximum absolute atomic E-state index is 14.5. The molecule has 4 fully saturated rings. The van der Waals surface area contributed by atoms with Crippen LogP contribution in [0.3, 0.4) is 0 Å². The quantitative estimate of drug-likeness (QED) is 0.0854. The zero-order valence-corrected chi connectivity index (χ0v) is 40.0. The number of nitrogens with one attached hydrogen (secondary N) is 2. The van der Waals surface area contributed by atoms with Gasteiger partial charge in [0.2, 0.25) is 0 Å². The second kappa shape index (κ2) is 21.8. The van der Waals surface area contributed by atoms with E-state index in [1.165, 1.54) is 14.0 Å². The number of aliphatic hydroxyl groups is 5. The van der Waals surface area contributed by atoms with E-state index in [4.69, 9.17) is 40.6 Å². The van der Waals surface area contributed by atoms with Gasteiger partial charge in [-0.15, -0.1) is 0 Å². The summed E-state index contributed by atoms with van der Waals surface area (Å²) in [6.45, 7) is 19.3. The van der Waals surface area contributed by atoms with Gasteiger partial charge < -0.3 is 69.5 Å². The number of aliphatic hydroxyl groups excluding tert-OH is 3. The molecule has 3 aliphatic heterocycles. The van der Waals surface area contributed by atoms with Gasteiger partial charge >= 0.3 is 5.97 Å². The second-order valence-corrected chi connectivity index (χ2v) is 20.2. The molecule has 0 radical (unpaired) electrons. The fourth-order valence-electron chi connectivity index (χ4n) is 9.85. The van der Waals surface area contributed by atoms with Gasteiger partial charge in [-0.25, -0.2) is 0 Å². The summed E-state index contributed by atoms with van der Waals surface area (Å²) in [7, 11) is 5.29. The zero-order chi connectivity index (χ0) is 45.8. The molecule has 0 spiro atoms. The Hall–Kier alpha value is -1.32. The summed E-state index contributed by atoms with van der Waals surface area (Å²) in [4.78, 5) is 18.5. The first-order valence-electron chi connectivity index (χ1n) is 22.7. The summed E-state index contributed by atoms with van der Waals surface area (Å²) in [5, 5.41) is 66.8. The number of thiocarbonyl (C=S) groups is 1. The Morgan fingerprint density at radius 2 is 1.64 bits per heavy atom. The number of hydrogen-bond donors (Lipinski definition) is 7. The normalized spacial score (nSPS) is 45.1. The molecule has 61 heavy (non-hydrogen) atoms. The predicted molar refractivity (Wildman–Crippen MR) is 234 cm³/mol. The third kappa shape index (κ3) is 13.2. The van der Waals surface area contributed by atoms with Crippen molar-refractivity contribution in [2.45, 2.75) is 211 Å². The van der Waals surface area contributed by atoms with E-state index in [2.05, 4.69) is 15.5 Å². The van der Waals surface area contributed by atoms with Crippen LogP contribution in [0.5, 0.6) is 0 Å². The smallest absolute Gasteiger partial charge is 0.311 e. The Balaban J connectivity index is 1.77. The first-order chi connectivity index (χ1) is 28.4. The van der Waals surface area contributed by atoms with Crippen LogP contribution >= 0.6 is 12.2 Å². The highest BCUT2D eigenvalue weighted by Crippen LogP contribution is 2.40. The molecular formula is C44H82N4O12S. The topological polar surface area (TPSA) is 204 Å². The van der Waals surface area contributed by atoms with Gasteiger partial charge in [0, 0.05) is 57.2 Å². The third-order valence-corrected chi connectivity index (χ3v) is 14.1. The number of carbonyl (C=O) groups excluding carboxylic acids is 1. The van der Waals surface area contributed by atoms with Crippen molar-refractivity contribution in [3.63, 3.8) is 0 Å². The highest BCUT2D eigenvalue weighted by atomic mass is 32.1. The molecule has 0 aromatic heterocycles. The molecule has 0 aromatic carbocycles. The Bertz CT molecular complexity index is 1410. The van der Waals surface area contributed by atoms with Gasteiger partial charge in [0.25, 0.3) is 0 Å². The lowest BCUT2D eigenvalue weighted by Gasteiger charge is -2.48. The van der Waals surface area contributed by atoms with Crippen LogP contribution in [-0.2, 0) is 33.2 Å². The summed E-state index contributed by atoms with van der Waals surface area (Å²) in [6.07, 6.45) is -5.66. The number of ether oxygens (including phenoxy) is 6. The number of nitrogens with zero attached hydrogens (tertiary/aromatic N) is 2. The monoisotopic (exact) mass is 891 g/mol. The molecule has 4 rings (SSSR count). The van der Waals surface area contributed by atoms with Crippen molar-refractivity contribution >= 4 is 23.3 Å². The molecule has 3 saturated heterocycles. The average molecular weight is 891 g/mol. The predicted octanol–water partition coefficient (Wildman–Crippen LogP) is 2.29. The van der Waals surface area contributed by atoms with Gasteiger partial charge in [-0.3, -0.25) is 9.69 Å².